The molecule has 0 fully saturated rings. The van der Waals surface area contributed by atoms with Crippen LogP contribution in [0.1, 0.15) is 27.5 Å². The summed E-state index contributed by atoms with van der Waals surface area (Å²) in [5.74, 6) is -0.365. The van der Waals surface area contributed by atoms with Crippen LogP contribution < -0.4 is 5.32 Å². The zero-order valence-corrected chi connectivity index (χ0v) is 15.1. The van der Waals surface area contributed by atoms with Gasteiger partial charge in [0.2, 0.25) is 0 Å². The van der Waals surface area contributed by atoms with Gasteiger partial charge in [-0.15, -0.1) is 0 Å². The van der Waals surface area contributed by atoms with Crippen LogP contribution in [0.15, 0.2) is 73.3 Å². The average molecular weight is 377 g/mol. The van der Waals surface area contributed by atoms with Crippen molar-refractivity contribution in [3.05, 3.63) is 95.2 Å². The minimum atomic E-state index is -0.264. The first-order valence-electron chi connectivity index (χ1n) is 8.58. The molecule has 0 radical (unpaired) electrons. The fourth-order valence-corrected chi connectivity index (χ4v) is 3.50. The second-order valence-corrected chi connectivity index (χ2v) is 6.57. The lowest BCUT2D eigenvalue weighted by Crippen LogP contribution is -2.29. The van der Waals surface area contributed by atoms with E-state index in [4.69, 9.17) is 11.6 Å². The molecular formula is C21H17ClN4O. The SMILES string of the molecule is O=C(NC[C@@H](c1ccccc1Cl)c1c[nH]c2ccccc12)c1cnccn1. The fraction of sp³-hybridized carbons (Fsp3) is 0.0952. The van der Waals surface area contributed by atoms with Gasteiger partial charge in [-0.25, -0.2) is 4.98 Å². The van der Waals surface area contributed by atoms with Gasteiger partial charge in [-0.05, 0) is 23.3 Å². The highest BCUT2D eigenvalue weighted by atomic mass is 35.5. The first kappa shape index (κ1) is 17.2. The van der Waals surface area contributed by atoms with E-state index < -0.39 is 0 Å². The van der Waals surface area contributed by atoms with Gasteiger partial charge >= 0.3 is 0 Å². The number of H-pyrrole nitrogens is 1. The summed E-state index contributed by atoms with van der Waals surface area (Å²) in [7, 11) is 0. The maximum Gasteiger partial charge on any atom is 0.271 e. The summed E-state index contributed by atoms with van der Waals surface area (Å²) >= 11 is 6.47. The standard InChI is InChI=1S/C21H17ClN4O/c22-18-7-3-1-5-14(18)16(12-26-21(27)20-13-23-9-10-24-20)17-11-25-19-8-4-2-6-15(17)19/h1-11,13,16,25H,12H2,(H,26,27)/t16-/m0/s1. The molecule has 0 saturated heterocycles. The Kier molecular flexibility index (Phi) is 4.85. The molecule has 6 heteroatoms. The van der Waals surface area contributed by atoms with Gasteiger partial charge in [-0.1, -0.05) is 48.0 Å². The number of nitrogens with one attached hydrogen (secondary N) is 2. The molecule has 0 aliphatic rings. The van der Waals surface area contributed by atoms with Crippen molar-refractivity contribution in [2.75, 3.05) is 6.54 Å². The van der Waals surface area contributed by atoms with Gasteiger partial charge < -0.3 is 10.3 Å². The number of carbonyl (C=O) groups excluding carboxylic acids is 1. The van der Waals surface area contributed by atoms with Crippen molar-refractivity contribution in [1.82, 2.24) is 20.3 Å². The third kappa shape index (κ3) is 3.55. The molecule has 2 N–H and O–H groups in total. The predicted octanol–water partition coefficient (Wildman–Crippen LogP) is 4.17. The Morgan fingerprint density at radius 2 is 1.89 bits per heavy atom. The number of carbonyl (C=O) groups is 1. The average Bonchev–Trinajstić information content (AvgIpc) is 3.14. The normalized spacial score (nSPS) is 12.0. The van der Waals surface area contributed by atoms with E-state index in [2.05, 4.69) is 26.3 Å². The summed E-state index contributed by atoms with van der Waals surface area (Å²) in [6, 6.07) is 15.8. The van der Waals surface area contributed by atoms with Gasteiger partial charge in [0.15, 0.2) is 0 Å². The van der Waals surface area contributed by atoms with Crippen LogP contribution in [-0.2, 0) is 0 Å². The van der Waals surface area contributed by atoms with Crippen molar-refractivity contribution in [2.24, 2.45) is 0 Å². The van der Waals surface area contributed by atoms with Gasteiger partial charge in [0.05, 0.1) is 6.20 Å². The molecule has 2 aromatic carbocycles. The third-order valence-electron chi connectivity index (χ3n) is 4.54. The van der Waals surface area contributed by atoms with Crippen LogP contribution in [0.25, 0.3) is 10.9 Å². The number of hydrogen-bond donors (Lipinski definition) is 2. The maximum absolute atomic E-state index is 12.4. The number of fused-ring (bicyclic) bond motifs is 1. The molecule has 2 aromatic heterocycles. The second kappa shape index (κ2) is 7.60. The zero-order chi connectivity index (χ0) is 18.6. The Morgan fingerprint density at radius 3 is 2.70 bits per heavy atom. The molecule has 5 nitrogen and oxygen atoms in total. The lowest BCUT2D eigenvalue weighted by atomic mass is 9.90. The minimum Gasteiger partial charge on any atom is -0.361 e. The molecule has 1 atom stereocenters. The lowest BCUT2D eigenvalue weighted by molar-refractivity contribution is 0.0947. The number of rotatable bonds is 5. The van der Waals surface area contributed by atoms with E-state index in [1.807, 2.05) is 48.7 Å². The Hall–Kier alpha value is -3.18. The zero-order valence-electron chi connectivity index (χ0n) is 14.4. The Morgan fingerprint density at radius 1 is 1.07 bits per heavy atom. The lowest BCUT2D eigenvalue weighted by Gasteiger charge is -2.19. The molecule has 0 bridgehead atoms. The van der Waals surface area contributed by atoms with E-state index >= 15 is 0 Å². The van der Waals surface area contributed by atoms with Gasteiger partial charge in [0, 0.05) is 47.0 Å². The van der Waals surface area contributed by atoms with Crippen molar-refractivity contribution in [1.29, 1.82) is 0 Å². The number of benzene rings is 2. The number of para-hydroxylation sites is 1. The summed E-state index contributed by atoms with van der Waals surface area (Å²) < 4.78 is 0. The van der Waals surface area contributed by atoms with Crippen LogP contribution >= 0.6 is 11.6 Å². The predicted molar refractivity (Wildman–Crippen MR) is 106 cm³/mol. The largest absolute Gasteiger partial charge is 0.361 e. The van der Waals surface area contributed by atoms with Crippen LogP contribution in [-0.4, -0.2) is 27.4 Å². The number of nitrogens with zero attached hydrogens (tertiary/aromatic N) is 2. The molecule has 0 unspecified atom stereocenters. The Balaban J connectivity index is 1.69. The molecular weight excluding hydrogens is 360 g/mol. The quantitative estimate of drug-likeness (QED) is 0.549. The molecule has 4 aromatic rings. The van der Waals surface area contributed by atoms with Crippen LogP contribution in [0, 0.1) is 0 Å². The van der Waals surface area contributed by atoms with Crippen LogP contribution in [0.2, 0.25) is 5.02 Å². The summed E-state index contributed by atoms with van der Waals surface area (Å²) in [5.41, 5.74) is 3.38. The molecule has 2 heterocycles. The summed E-state index contributed by atoms with van der Waals surface area (Å²) in [4.78, 5) is 23.7. The van der Waals surface area contributed by atoms with Crippen molar-refractivity contribution in [3.8, 4) is 0 Å². The molecule has 0 aliphatic heterocycles. The van der Waals surface area contributed by atoms with Crippen molar-refractivity contribution in [3.63, 3.8) is 0 Å². The van der Waals surface area contributed by atoms with Crippen LogP contribution in [0.5, 0.6) is 0 Å². The Labute approximate surface area is 161 Å². The molecule has 134 valence electrons. The van der Waals surface area contributed by atoms with Crippen LogP contribution in [0.3, 0.4) is 0 Å². The van der Waals surface area contributed by atoms with E-state index in [9.17, 15) is 4.79 Å². The Bertz CT molecular complexity index is 1080. The number of halogens is 1. The second-order valence-electron chi connectivity index (χ2n) is 6.16. The van der Waals surface area contributed by atoms with Crippen LogP contribution in [0.4, 0.5) is 0 Å². The van der Waals surface area contributed by atoms with E-state index in [0.717, 1.165) is 22.0 Å². The van der Waals surface area contributed by atoms with Crippen molar-refractivity contribution in [2.45, 2.75) is 5.92 Å². The maximum atomic E-state index is 12.4. The van der Waals surface area contributed by atoms with Gasteiger partial charge in [-0.2, -0.15) is 0 Å². The van der Waals surface area contributed by atoms with E-state index in [-0.39, 0.29) is 17.5 Å². The summed E-state index contributed by atoms with van der Waals surface area (Å²) in [5, 5.41) is 4.74. The first-order valence-corrected chi connectivity index (χ1v) is 8.96. The highest BCUT2D eigenvalue weighted by Crippen LogP contribution is 2.34. The molecule has 4 rings (SSSR count). The topological polar surface area (TPSA) is 70.7 Å². The number of hydrogen-bond acceptors (Lipinski definition) is 3. The molecule has 0 spiro atoms. The van der Waals surface area contributed by atoms with E-state index in [1.165, 1.54) is 18.6 Å². The number of amides is 1. The van der Waals surface area contributed by atoms with Gasteiger partial charge in [-0.3, -0.25) is 9.78 Å². The number of aromatic amines is 1. The third-order valence-corrected chi connectivity index (χ3v) is 4.88. The van der Waals surface area contributed by atoms with Gasteiger partial charge in [0.1, 0.15) is 5.69 Å². The molecule has 0 saturated carbocycles. The first-order chi connectivity index (χ1) is 13.2. The molecule has 1 amide bonds. The molecule has 27 heavy (non-hydrogen) atoms. The minimum absolute atomic E-state index is 0.101. The smallest absolute Gasteiger partial charge is 0.271 e. The fourth-order valence-electron chi connectivity index (χ4n) is 3.23. The molecule has 0 aliphatic carbocycles. The monoisotopic (exact) mass is 376 g/mol. The highest BCUT2D eigenvalue weighted by molar-refractivity contribution is 6.31. The number of aromatic nitrogens is 3. The summed E-state index contributed by atoms with van der Waals surface area (Å²) in [6.45, 7) is 0.390. The summed E-state index contributed by atoms with van der Waals surface area (Å²) in [6.07, 6.45) is 6.47. The van der Waals surface area contributed by atoms with Gasteiger partial charge in [0.25, 0.3) is 5.91 Å². The van der Waals surface area contributed by atoms with E-state index in [0.29, 0.717) is 11.6 Å². The van der Waals surface area contributed by atoms with Crippen molar-refractivity contribution < 1.29 is 4.79 Å². The highest BCUT2D eigenvalue weighted by Gasteiger charge is 2.21. The van der Waals surface area contributed by atoms with E-state index in [1.54, 1.807) is 0 Å². The van der Waals surface area contributed by atoms with Crippen molar-refractivity contribution >= 4 is 28.4 Å².